The van der Waals surface area contributed by atoms with Gasteiger partial charge in [0.25, 0.3) is 0 Å². The molecule has 0 saturated heterocycles. The van der Waals surface area contributed by atoms with E-state index in [9.17, 15) is 0 Å². The van der Waals surface area contributed by atoms with Crippen LogP contribution in [-0.2, 0) is 5.41 Å². The van der Waals surface area contributed by atoms with Gasteiger partial charge >= 0.3 is 0 Å². The summed E-state index contributed by atoms with van der Waals surface area (Å²) in [4.78, 5) is 0. The van der Waals surface area contributed by atoms with Crippen LogP contribution in [0.4, 0.5) is 0 Å². The van der Waals surface area contributed by atoms with Gasteiger partial charge in [-0.05, 0) is 61.2 Å². The molecule has 0 spiro atoms. The maximum Gasteiger partial charge on any atom is 0.119 e. The summed E-state index contributed by atoms with van der Waals surface area (Å²) in [5.74, 6) is 1.69. The Bertz CT molecular complexity index is 760. The molecule has 1 saturated carbocycles. The Morgan fingerprint density at radius 3 is 2.32 bits per heavy atom. The van der Waals surface area contributed by atoms with E-state index in [2.05, 4.69) is 24.4 Å². The molecule has 3 nitrogen and oxygen atoms in total. The lowest BCUT2D eigenvalue weighted by atomic mass is 9.59. The molecule has 152 valence electrons. The van der Waals surface area contributed by atoms with Gasteiger partial charge in [-0.3, -0.25) is 0 Å². The molecule has 2 aromatic carbocycles. The second-order valence-electron chi connectivity index (χ2n) is 7.46. The molecule has 1 unspecified atom stereocenters. The molecular weight excluding hydrogens is 393 g/mol. The first-order valence-corrected chi connectivity index (χ1v) is 10.8. The van der Waals surface area contributed by atoms with E-state index in [0.29, 0.717) is 22.7 Å². The molecule has 5 heteroatoms. The molecule has 1 fully saturated rings. The van der Waals surface area contributed by atoms with E-state index in [1.165, 1.54) is 24.8 Å². The number of rotatable bonds is 10. The lowest BCUT2D eigenvalue weighted by molar-refractivity contribution is 0.155. The van der Waals surface area contributed by atoms with Gasteiger partial charge in [0.2, 0.25) is 0 Å². The highest BCUT2D eigenvalue weighted by atomic mass is 35.5. The van der Waals surface area contributed by atoms with Crippen molar-refractivity contribution in [3.05, 3.63) is 58.1 Å². The Balaban J connectivity index is 1.62. The van der Waals surface area contributed by atoms with Gasteiger partial charge < -0.3 is 14.8 Å². The van der Waals surface area contributed by atoms with Crippen molar-refractivity contribution in [2.45, 2.75) is 50.5 Å². The first kappa shape index (κ1) is 21.3. The quantitative estimate of drug-likeness (QED) is 0.459. The van der Waals surface area contributed by atoms with Gasteiger partial charge in [0.15, 0.2) is 0 Å². The van der Waals surface area contributed by atoms with E-state index in [0.717, 1.165) is 30.9 Å². The van der Waals surface area contributed by atoms with Crippen molar-refractivity contribution in [2.24, 2.45) is 0 Å². The molecule has 1 N–H and O–H groups in total. The third kappa shape index (κ3) is 4.76. The SMILES string of the molecule is CCCC(NCCOc1ccc(OC)cc1)C1(c2ccc(Cl)c(Cl)c2)CCC1. The van der Waals surface area contributed by atoms with E-state index in [1.54, 1.807) is 7.11 Å². The fourth-order valence-corrected chi connectivity index (χ4v) is 4.44. The minimum absolute atomic E-state index is 0.143. The van der Waals surface area contributed by atoms with Crippen LogP contribution in [0.3, 0.4) is 0 Å². The minimum Gasteiger partial charge on any atom is -0.497 e. The molecule has 0 aromatic heterocycles. The van der Waals surface area contributed by atoms with Crippen molar-refractivity contribution < 1.29 is 9.47 Å². The molecule has 1 aliphatic rings. The van der Waals surface area contributed by atoms with Crippen LogP contribution in [0.2, 0.25) is 10.0 Å². The molecule has 2 aromatic rings. The van der Waals surface area contributed by atoms with Gasteiger partial charge in [0, 0.05) is 18.0 Å². The predicted molar refractivity (Wildman–Crippen MR) is 117 cm³/mol. The van der Waals surface area contributed by atoms with E-state index >= 15 is 0 Å². The van der Waals surface area contributed by atoms with Gasteiger partial charge in [0.1, 0.15) is 18.1 Å². The van der Waals surface area contributed by atoms with E-state index in [-0.39, 0.29) is 5.41 Å². The second kappa shape index (κ2) is 9.87. The Morgan fingerprint density at radius 1 is 1.04 bits per heavy atom. The number of hydrogen-bond acceptors (Lipinski definition) is 3. The van der Waals surface area contributed by atoms with Crippen molar-refractivity contribution >= 4 is 23.2 Å². The maximum atomic E-state index is 6.32. The van der Waals surface area contributed by atoms with Crippen LogP contribution in [0, 0.1) is 0 Å². The van der Waals surface area contributed by atoms with Crippen LogP contribution in [-0.4, -0.2) is 26.3 Å². The lowest BCUT2D eigenvalue weighted by Gasteiger charge is -2.49. The van der Waals surface area contributed by atoms with Crippen molar-refractivity contribution in [1.29, 1.82) is 0 Å². The average Bonchev–Trinajstić information content (AvgIpc) is 2.67. The van der Waals surface area contributed by atoms with Gasteiger partial charge in [-0.15, -0.1) is 0 Å². The summed E-state index contributed by atoms with van der Waals surface area (Å²) in [6.45, 7) is 3.67. The Kier molecular flexibility index (Phi) is 7.50. The summed E-state index contributed by atoms with van der Waals surface area (Å²) in [7, 11) is 1.66. The zero-order valence-corrected chi connectivity index (χ0v) is 18.2. The van der Waals surface area contributed by atoms with Crippen LogP contribution in [0.25, 0.3) is 0 Å². The Labute approximate surface area is 178 Å². The number of methoxy groups -OCH3 is 1. The summed E-state index contributed by atoms with van der Waals surface area (Å²) in [5, 5.41) is 5.02. The highest BCUT2D eigenvalue weighted by molar-refractivity contribution is 6.42. The van der Waals surface area contributed by atoms with Crippen LogP contribution >= 0.6 is 23.2 Å². The molecule has 0 amide bonds. The maximum absolute atomic E-state index is 6.32. The lowest BCUT2D eigenvalue weighted by Crippen LogP contribution is -2.53. The van der Waals surface area contributed by atoms with Crippen LogP contribution < -0.4 is 14.8 Å². The van der Waals surface area contributed by atoms with Crippen LogP contribution in [0.15, 0.2) is 42.5 Å². The van der Waals surface area contributed by atoms with E-state index in [1.807, 2.05) is 30.3 Å². The summed E-state index contributed by atoms with van der Waals surface area (Å²) in [5.41, 5.74) is 1.44. The van der Waals surface area contributed by atoms with E-state index in [4.69, 9.17) is 32.7 Å². The molecule has 0 radical (unpaired) electrons. The topological polar surface area (TPSA) is 30.5 Å². The first-order chi connectivity index (χ1) is 13.6. The molecular formula is C23H29Cl2NO2. The number of benzene rings is 2. The average molecular weight is 422 g/mol. The summed E-state index contributed by atoms with van der Waals surface area (Å²) in [6.07, 6.45) is 5.89. The molecule has 1 atom stereocenters. The highest BCUT2D eigenvalue weighted by Gasteiger charge is 2.44. The number of hydrogen-bond donors (Lipinski definition) is 1. The van der Waals surface area contributed by atoms with Gasteiger partial charge in [-0.2, -0.15) is 0 Å². The largest absolute Gasteiger partial charge is 0.497 e. The summed E-state index contributed by atoms with van der Waals surface area (Å²) in [6, 6.07) is 14.2. The Hall–Kier alpha value is -1.42. The standard InChI is InChI=1S/C23H29Cl2NO2/c1-3-5-22(26-14-15-28-19-9-7-18(27-2)8-10-19)23(12-4-13-23)17-6-11-20(24)21(25)16-17/h6-11,16,22,26H,3-5,12-15H2,1-2H3. The second-order valence-corrected chi connectivity index (χ2v) is 8.27. The van der Waals surface area contributed by atoms with Crippen molar-refractivity contribution in [3.63, 3.8) is 0 Å². The number of nitrogens with one attached hydrogen (secondary N) is 1. The van der Waals surface area contributed by atoms with Gasteiger partial charge in [-0.1, -0.05) is 49.0 Å². The monoisotopic (exact) mass is 421 g/mol. The zero-order chi connectivity index (χ0) is 20.0. The van der Waals surface area contributed by atoms with Crippen LogP contribution in [0.5, 0.6) is 11.5 Å². The number of ether oxygens (including phenoxy) is 2. The molecule has 0 bridgehead atoms. The highest BCUT2D eigenvalue weighted by Crippen LogP contribution is 2.48. The van der Waals surface area contributed by atoms with Crippen LogP contribution in [0.1, 0.15) is 44.6 Å². The molecule has 1 aliphatic carbocycles. The summed E-state index contributed by atoms with van der Waals surface area (Å²) < 4.78 is 11.1. The minimum atomic E-state index is 0.143. The van der Waals surface area contributed by atoms with Crippen molar-refractivity contribution in [3.8, 4) is 11.5 Å². The predicted octanol–water partition coefficient (Wildman–Crippen LogP) is 6.26. The third-order valence-electron chi connectivity index (χ3n) is 5.81. The van der Waals surface area contributed by atoms with Crippen molar-refractivity contribution in [2.75, 3.05) is 20.3 Å². The van der Waals surface area contributed by atoms with Gasteiger partial charge in [0.05, 0.1) is 17.2 Å². The number of halogens is 2. The molecule has 0 heterocycles. The summed E-state index contributed by atoms with van der Waals surface area (Å²) >= 11 is 12.5. The molecule has 3 rings (SSSR count). The zero-order valence-electron chi connectivity index (χ0n) is 16.6. The van der Waals surface area contributed by atoms with E-state index < -0.39 is 0 Å². The fraction of sp³-hybridized carbons (Fsp3) is 0.478. The molecule has 0 aliphatic heterocycles. The smallest absolute Gasteiger partial charge is 0.119 e. The third-order valence-corrected chi connectivity index (χ3v) is 6.54. The van der Waals surface area contributed by atoms with Gasteiger partial charge in [-0.25, -0.2) is 0 Å². The van der Waals surface area contributed by atoms with Crippen molar-refractivity contribution in [1.82, 2.24) is 5.32 Å². The first-order valence-electron chi connectivity index (χ1n) is 10.0. The normalized spacial score (nSPS) is 16.3. The fourth-order valence-electron chi connectivity index (χ4n) is 4.14. The Morgan fingerprint density at radius 2 is 1.75 bits per heavy atom. The molecule has 28 heavy (non-hydrogen) atoms.